The van der Waals surface area contributed by atoms with E-state index in [1.54, 1.807) is 0 Å². The summed E-state index contributed by atoms with van der Waals surface area (Å²) in [4.78, 5) is 2.56. The molecule has 0 bridgehead atoms. The Balaban J connectivity index is 2.07. The number of fused-ring (bicyclic) bond motifs is 1. The van der Waals surface area contributed by atoms with Gasteiger partial charge >= 0.3 is 0 Å². The van der Waals surface area contributed by atoms with E-state index in [0.717, 1.165) is 6.54 Å². The second kappa shape index (κ2) is 5.58. The first-order valence-electron chi connectivity index (χ1n) is 7.75. The van der Waals surface area contributed by atoms with Crippen LogP contribution in [-0.4, -0.2) is 22.6 Å². The molecule has 108 valence electrons. The highest BCUT2D eigenvalue weighted by Gasteiger charge is 2.18. The summed E-state index contributed by atoms with van der Waals surface area (Å²) in [7, 11) is 0. The van der Waals surface area contributed by atoms with E-state index in [1.807, 2.05) is 0 Å². The maximum atomic E-state index is 5.90. The Bertz CT molecular complexity index is 592. The number of nitrogens with two attached hydrogens (primary N) is 1. The molecule has 1 fully saturated rings. The lowest BCUT2D eigenvalue weighted by Gasteiger charge is -2.19. The Kier molecular flexibility index (Phi) is 3.81. The van der Waals surface area contributed by atoms with Gasteiger partial charge in [0.25, 0.3) is 0 Å². The van der Waals surface area contributed by atoms with Crippen molar-refractivity contribution < 1.29 is 0 Å². The molecule has 0 amide bonds. The van der Waals surface area contributed by atoms with Crippen LogP contribution >= 0.6 is 0 Å². The van der Waals surface area contributed by atoms with Gasteiger partial charge in [0, 0.05) is 35.7 Å². The van der Waals surface area contributed by atoms with Crippen LogP contribution in [0.1, 0.15) is 44.0 Å². The molecule has 3 rings (SSSR count). The van der Waals surface area contributed by atoms with Gasteiger partial charge in [-0.15, -0.1) is 0 Å². The predicted molar refractivity (Wildman–Crippen MR) is 84.7 cm³/mol. The Morgan fingerprint density at radius 1 is 1.20 bits per heavy atom. The Labute approximate surface area is 121 Å². The molecule has 0 aliphatic carbocycles. The highest BCUT2D eigenvalue weighted by Crippen LogP contribution is 2.28. The van der Waals surface area contributed by atoms with Crippen molar-refractivity contribution in [2.24, 2.45) is 5.73 Å². The third-order valence-corrected chi connectivity index (χ3v) is 4.37. The van der Waals surface area contributed by atoms with Gasteiger partial charge in [0.2, 0.25) is 0 Å². The third kappa shape index (κ3) is 2.36. The first-order valence-corrected chi connectivity index (χ1v) is 7.75. The largest absolute Gasteiger partial charge is 0.341 e. The lowest BCUT2D eigenvalue weighted by Crippen LogP contribution is -2.21. The number of hydrogen-bond donors (Lipinski definition) is 1. The number of likely N-dealkylation sites (tertiary alicyclic amines) is 1. The summed E-state index contributed by atoms with van der Waals surface area (Å²) in [5.74, 6) is 0. The minimum Gasteiger partial charge on any atom is -0.341 e. The molecule has 0 saturated carbocycles. The first kappa shape index (κ1) is 13.7. The van der Waals surface area contributed by atoms with Crippen LogP contribution in [-0.2, 0) is 13.1 Å². The number of nitrogens with zero attached hydrogens (tertiary/aromatic N) is 2. The van der Waals surface area contributed by atoms with Crippen molar-refractivity contribution in [2.45, 2.75) is 45.8 Å². The number of hydrogen-bond acceptors (Lipinski definition) is 2. The molecule has 1 aromatic heterocycles. The monoisotopic (exact) mass is 271 g/mol. The summed E-state index contributed by atoms with van der Waals surface area (Å²) >= 11 is 0. The number of rotatable bonds is 4. The molecule has 0 radical (unpaired) electrons. The van der Waals surface area contributed by atoms with Crippen LogP contribution in [0.25, 0.3) is 10.9 Å². The topological polar surface area (TPSA) is 34.2 Å². The fourth-order valence-corrected chi connectivity index (χ4v) is 3.45. The Morgan fingerprint density at radius 3 is 2.60 bits per heavy atom. The molecule has 1 aromatic carbocycles. The fourth-order valence-electron chi connectivity index (χ4n) is 3.45. The van der Waals surface area contributed by atoms with E-state index in [4.69, 9.17) is 5.73 Å². The van der Waals surface area contributed by atoms with Crippen molar-refractivity contribution in [3.8, 4) is 0 Å². The molecular weight excluding hydrogens is 246 g/mol. The molecule has 1 aliphatic rings. The summed E-state index contributed by atoms with van der Waals surface area (Å²) in [5.41, 5.74) is 9.91. The van der Waals surface area contributed by atoms with Gasteiger partial charge in [-0.2, -0.15) is 0 Å². The van der Waals surface area contributed by atoms with E-state index < -0.39 is 0 Å². The predicted octanol–water partition coefficient (Wildman–Crippen LogP) is 3.28. The van der Waals surface area contributed by atoms with E-state index >= 15 is 0 Å². The smallest absolute Gasteiger partial charge is 0.0488 e. The van der Waals surface area contributed by atoms with E-state index in [2.05, 4.69) is 47.6 Å². The molecule has 1 saturated heterocycles. The molecule has 2 aromatic rings. The van der Waals surface area contributed by atoms with Crippen molar-refractivity contribution in [1.29, 1.82) is 0 Å². The number of benzene rings is 1. The summed E-state index contributed by atoms with van der Waals surface area (Å²) < 4.78 is 2.48. The standard InChI is InChI=1S/C17H25N3/c1-13(2)20-15(12-19-8-3-4-9-19)10-16-14(11-18)6-5-7-17(16)20/h5-7,10,13H,3-4,8-9,11-12,18H2,1-2H3. The van der Waals surface area contributed by atoms with Crippen molar-refractivity contribution >= 4 is 10.9 Å². The van der Waals surface area contributed by atoms with E-state index in [-0.39, 0.29) is 0 Å². The van der Waals surface area contributed by atoms with Crippen LogP contribution < -0.4 is 5.73 Å². The number of aromatic nitrogens is 1. The van der Waals surface area contributed by atoms with Gasteiger partial charge in [0.15, 0.2) is 0 Å². The van der Waals surface area contributed by atoms with Crippen LogP contribution in [0, 0.1) is 0 Å². The molecule has 1 aliphatic heterocycles. The molecular formula is C17H25N3. The molecule has 0 atom stereocenters. The minimum atomic E-state index is 0.484. The van der Waals surface area contributed by atoms with Crippen LogP contribution in [0.3, 0.4) is 0 Å². The molecule has 3 nitrogen and oxygen atoms in total. The van der Waals surface area contributed by atoms with E-state index in [0.29, 0.717) is 12.6 Å². The van der Waals surface area contributed by atoms with Gasteiger partial charge in [0.05, 0.1) is 0 Å². The zero-order chi connectivity index (χ0) is 14.1. The zero-order valence-corrected chi connectivity index (χ0v) is 12.6. The Morgan fingerprint density at radius 2 is 1.95 bits per heavy atom. The van der Waals surface area contributed by atoms with E-state index in [9.17, 15) is 0 Å². The van der Waals surface area contributed by atoms with E-state index in [1.165, 1.54) is 48.1 Å². The van der Waals surface area contributed by atoms with Crippen molar-refractivity contribution in [1.82, 2.24) is 9.47 Å². The second-order valence-electron chi connectivity index (χ2n) is 6.14. The van der Waals surface area contributed by atoms with Crippen LogP contribution in [0.2, 0.25) is 0 Å². The van der Waals surface area contributed by atoms with Gasteiger partial charge < -0.3 is 10.3 Å². The van der Waals surface area contributed by atoms with Crippen molar-refractivity contribution in [3.05, 3.63) is 35.5 Å². The van der Waals surface area contributed by atoms with Crippen molar-refractivity contribution in [3.63, 3.8) is 0 Å². The van der Waals surface area contributed by atoms with Crippen LogP contribution in [0.15, 0.2) is 24.3 Å². The maximum absolute atomic E-state index is 5.90. The highest BCUT2D eigenvalue weighted by atomic mass is 15.2. The zero-order valence-electron chi connectivity index (χ0n) is 12.6. The van der Waals surface area contributed by atoms with Crippen molar-refractivity contribution in [2.75, 3.05) is 13.1 Å². The molecule has 2 heterocycles. The molecule has 0 spiro atoms. The summed E-state index contributed by atoms with van der Waals surface area (Å²) in [6.45, 7) is 8.69. The summed E-state index contributed by atoms with van der Waals surface area (Å²) in [6.07, 6.45) is 2.69. The van der Waals surface area contributed by atoms with Gasteiger partial charge in [-0.1, -0.05) is 12.1 Å². The van der Waals surface area contributed by atoms with Gasteiger partial charge in [-0.25, -0.2) is 0 Å². The third-order valence-electron chi connectivity index (χ3n) is 4.37. The first-order chi connectivity index (χ1) is 9.70. The lowest BCUT2D eigenvalue weighted by molar-refractivity contribution is 0.319. The molecule has 0 unspecified atom stereocenters. The molecule has 3 heteroatoms. The Hall–Kier alpha value is -1.32. The fraction of sp³-hybridized carbons (Fsp3) is 0.529. The SMILES string of the molecule is CC(C)n1c(CN2CCCC2)cc2c(CN)cccc21. The highest BCUT2D eigenvalue weighted by molar-refractivity contribution is 5.85. The van der Waals surface area contributed by atoms with Crippen LogP contribution in [0.4, 0.5) is 0 Å². The summed E-state index contributed by atoms with van der Waals surface area (Å²) in [6, 6.07) is 9.34. The quantitative estimate of drug-likeness (QED) is 0.926. The minimum absolute atomic E-state index is 0.484. The average Bonchev–Trinajstić information content (AvgIpc) is 3.05. The lowest BCUT2D eigenvalue weighted by atomic mass is 10.1. The van der Waals surface area contributed by atoms with Gasteiger partial charge in [0.1, 0.15) is 0 Å². The normalized spacial score (nSPS) is 16.6. The molecule has 20 heavy (non-hydrogen) atoms. The van der Waals surface area contributed by atoms with Gasteiger partial charge in [-0.3, -0.25) is 4.90 Å². The average molecular weight is 271 g/mol. The van der Waals surface area contributed by atoms with Crippen LogP contribution in [0.5, 0.6) is 0 Å². The van der Waals surface area contributed by atoms with Gasteiger partial charge in [-0.05, 0) is 57.5 Å². The second-order valence-corrected chi connectivity index (χ2v) is 6.14. The maximum Gasteiger partial charge on any atom is 0.0488 e. The molecule has 2 N–H and O–H groups in total. The summed E-state index contributed by atoms with van der Waals surface area (Å²) in [5, 5.41) is 1.33.